The van der Waals surface area contributed by atoms with Gasteiger partial charge in [0.1, 0.15) is 5.69 Å². The van der Waals surface area contributed by atoms with Crippen molar-refractivity contribution in [2.75, 3.05) is 13.1 Å². The minimum atomic E-state index is -0.420. The molecule has 1 aromatic heterocycles. The van der Waals surface area contributed by atoms with Crippen molar-refractivity contribution in [3.63, 3.8) is 0 Å². The molecule has 0 fully saturated rings. The molecule has 0 unspecified atom stereocenters. The summed E-state index contributed by atoms with van der Waals surface area (Å²) in [7, 11) is 0. The molecule has 1 aromatic carbocycles. The van der Waals surface area contributed by atoms with Crippen LogP contribution in [0.3, 0.4) is 0 Å². The Bertz CT molecular complexity index is 810. The number of imide groups is 1. The van der Waals surface area contributed by atoms with Crippen LogP contribution < -0.4 is 5.32 Å². The van der Waals surface area contributed by atoms with Gasteiger partial charge in [0.15, 0.2) is 0 Å². The van der Waals surface area contributed by atoms with Crippen molar-refractivity contribution in [1.82, 2.24) is 15.2 Å². The molecule has 6 heteroatoms. The van der Waals surface area contributed by atoms with Crippen LogP contribution in [0.4, 0.5) is 0 Å². The van der Waals surface area contributed by atoms with Crippen LogP contribution >= 0.6 is 0 Å². The van der Waals surface area contributed by atoms with Gasteiger partial charge >= 0.3 is 0 Å². The van der Waals surface area contributed by atoms with E-state index in [-0.39, 0.29) is 30.6 Å². The number of carbonyl (C=O) groups excluding carboxylic acids is 3. The maximum atomic E-state index is 12.2. The first-order valence-corrected chi connectivity index (χ1v) is 7.65. The van der Waals surface area contributed by atoms with Crippen molar-refractivity contribution in [2.45, 2.75) is 13.8 Å². The van der Waals surface area contributed by atoms with Crippen LogP contribution in [0.5, 0.6) is 0 Å². The van der Waals surface area contributed by atoms with Crippen LogP contribution in [-0.2, 0) is 0 Å². The van der Waals surface area contributed by atoms with Crippen LogP contribution in [0.15, 0.2) is 36.5 Å². The number of pyridine rings is 1. The standard InChI is InChI=1S/C18H17N3O3/c1-11-5-6-13(10-12(11)2)16(22)20-8-9-21-17(23)14-4-3-7-19-15(14)18(21)24/h3-7,10H,8-9H2,1-2H3,(H,20,22). The maximum absolute atomic E-state index is 12.2. The van der Waals surface area contributed by atoms with Crippen LogP contribution in [-0.4, -0.2) is 40.7 Å². The number of rotatable bonds is 4. The molecule has 1 aliphatic heterocycles. The topological polar surface area (TPSA) is 79.4 Å². The highest BCUT2D eigenvalue weighted by molar-refractivity contribution is 6.20. The van der Waals surface area contributed by atoms with E-state index >= 15 is 0 Å². The number of hydrogen-bond donors (Lipinski definition) is 1. The van der Waals surface area contributed by atoms with E-state index in [0.29, 0.717) is 11.1 Å². The Labute approximate surface area is 139 Å². The van der Waals surface area contributed by atoms with Crippen molar-refractivity contribution in [3.05, 3.63) is 64.5 Å². The average molecular weight is 323 g/mol. The number of aromatic nitrogens is 1. The lowest BCUT2D eigenvalue weighted by Gasteiger charge is -2.14. The third-order valence-electron chi connectivity index (χ3n) is 4.12. The molecule has 0 atom stereocenters. The summed E-state index contributed by atoms with van der Waals surface area (Å²) in [6.07, 6.45) is 1.48. The summed E-state index contributed by atoms with van der Waals surface area (Å²) >= 11 is 0. The first kappa shape index (κ1) is 15.9. The van der Waals surface area contributed by atoms with Crippen molar-refractivity contribution in [3.8, 4) is 0 Å². The molecule has 0 bridgehead atoms. The molecule has 6 nitrogen and oxygen atoms in total. The minimum absolute atomic E-state index is 0.116. The van der Waals surface area contributed by atoms with Crippen molar-refractivity contribution in [2.24, 2.45) is 0 Å². The summed E-state index contributed by atoms with van der Waals surface area (Å²) in [4.78, 5) is 41.6. The Morgan fingerprint density at radius 2 is 1.92 bits per heavy atom. The van der Waals surface area contributed by atoms with Gasteiger partial charge in [-0.2, -0.15) is 0 Å². The normalized spacial score (nSPS) is 13.2. The van der Waals surface area contributed by atoms with E-state index in [1.54, 1.807) is 18.2 Å². The van der Waals surface area contributed by atoms with Gasteiger partial charge in [-0.15, -0.1) is 0 Å². The summed E-state index contributed by atoms with van der Waals surface area (Å²) in [5, 5.41) is 2.73. The summed E-state index contributed by atoms with van der Waals surface area (Å²) in [6, 6.07) is 8.66. The number of benzene rings is 1. The van der Waals surface area contributed by atoms with Gasteiger partial charge in [-0.1, -0.05) is 6.07 Å². The predicted octanol–water partition coefficient (Wildman–Crippen LogP) is 1.72. The van der Waals surface area contributed by atoms with E-state index in [0.717, 1.165) is 16.0 Å². The first-order valence-electron chi connectivity index (χ1n) is 7.65. The predicted molar refractivity (Wildman–Crippen MR) is 87.9 cm³/mol. The molecule has 24 heavy (non-hydrogen) atoms. The maximum Gasteiger partial charge on any atom is 0.280 e. The zero-order chi connectivity index (χ0) is 17.3. The average Bonchev–Trinajstić information content (AvgIpc) is 2.82. The molecule has 1 aliphatic rings. The van der Waals surface area contributed by atoms with Gasteiger partial charge in [-0.25, -0.2) is 0 Å². The Morgan fingerprint density at radius 1 is 1.12 bits per heavy atom. The van der Waals surface area contributed by atoms with Gasteiger partial charge in [-0.05, 0) is 49.2 Å². The van der Waals surface area contributed by atoms with Crippen LogP contribution in [0.1, 0.15) is 42.3 Å². The van der Waals surface area contributed by atoms with Crippen molar-refractivity contribution in [1.29, 1.82) is 0 Å². The molecule has 1 N–H and O–H groups in total. The summed E-state index contributed by atoms with van der Waals surface area (Å²) in [6.45, 7) is 4.23. The Morgan fingerprint density at radius 3 is 2.62 bits per heavy atom. The van der Waals surface area contributed by atoms with Crippen molar-refractivity contribution < 1.29 is 14.4 Å². The highest BCUT2D eigenvalue weighted by atomic mass is 16.2. The van der Waals surface area contributed by atoms with Gasteiger partial charge in [0.05, 0.1) is 5.56 Å². The van der Waals surface area contributed by atoms with Crippen molar-refractivity contribution >= 4 is 17.7 Å². The summed E-state index contributed by atoms with van der Waals surface area (Å²) < 4.78 is 0. The highest BCUT2D eigenvalue weighted by Gasteiger charge is 2.36. The molecule has 0 saturated heterocycles. The summed E-state index contributed by atoms with van der Waals surface area (Å²) in [5.41, 5.74) is 3.19. The molecule has 2 heterocycles. The first-order chi connectivity index (χ1) is 11.5. The number of nitrogens with one attached hydrogen (secondary N) is 1. The number of hydrogen-bond acceptors (Lipinski definition) is 4. The van der Waals surface area contributed by atoms with E-state index in [2.05, 4.69) is 10.3 Å². The fraction of sp³-hybridized carbons (Fsp3) is 0.222. The molecule has 122 valence electrons. The molecule has 2 aromatic rings. The van der Waals surface area contributed by atoms with Crippen LogP contribution in [0.25, 0.3) is 0 Å². The second-order valence-corrected chi connectivity index (χ2v) is 5.72. The smallest absolute Gasteiger partial charge is 0.280 e. The van der Waals surface area contributed by atoms with Crippen LogP contribution in [0, 0.1) is 13.8 Å². The van der Waals surface area contributed by atoms with Gasteiger partial charge in [0, 0.05) is 24.8 Å². The summed E-state index contributed by atoms with van der Waals surface area (Å²) in [5.74, 6) is -1.02. The fourth-order valence-electron chi connectivity index (χ4n) is 2.58. The second-order valence-electron chi connectivity index (χ2n) is 5.72. The van der Waals surface area contributed by atoms with Crippen LogP contribution in [0.2, 0.25) is 0 Å². The van der Waals surface area contributed by atoms with E-state index in [4.69, 9.17) is 0 Å². The van der Waals surface area contributed by atoms with E-state index < -0.39 is 5.91 Å². The third-order valence-corrected chi connectivity index (χ3v) is 4.12. The zero-order valence-corrected chi connectivity index (χ0v) is 13.5. The minimum Gasteiger partial charge on any atom is -0.350 e. The zero-order valence-electron chi connectivity index (χ0n) is 13.5. The quantitative estimate of drug-likeness (QED) is 0.869. The molecule has 3 amide bonds. The van der Waals surface area contributed by atoms with Gasteiger partial charge in [-0.3, -0.25) is 24.3 Å². The lowest BCUT2D eigenvalue weighted by molar-refractivity contribution is 0.0648. The second kappa shape index (κ2) is 6.23. The number of fused-ring (bicyclic) bond motifs is 1. The molecular formula is C18H17N3O3. The van der Waals surface area contributed by atoms with Gasteiger partial charge in [0.25, 0.3) is 17.7 Å². The van der Waals surface area contributed by atoms with Gasteiger partial charge in [0.2, 0.25) is 0 Å². The van der Waals surface area contributed by atoms with E-state index in [9.17, 15) is 14.4 Å². The SMILES string of the molecule is Cc1ccc(C(=O)NCCN2C(=O)c3cccnc3C2=O)cc1C. The van der Waals surface area contributed by atoms with Gasteiger partial charge < -0.3 is 5.32 Å². The number of nitrogens with zero attached hydrogens (tertiary/aromatic N) is 2. The van der Waals surface area contributed by atoms with E-state index in [1.807, 2.05) is 26.0 Å². The highest BCUT2D eigenvalue weighted by Crippen LogP contribution is 2.19. The molecule has 0 saturated carbocycles. The van der Waals surface area contributed by atoms with E-state index in [1.165, 1.54) is 6.20 Å². The molecular weight excluding hydrogens is 306 g/mol. The Balaban J connectivity index is 1.61. The lowest BCUT2D eigenvalue weighted by atomic mass is 10.1. The monoisotopic (exact) mass is 323 g/mol. The molecule has 0 radical (unpaired) electrons. The number of carbonyl (C=O) groups is 3. The fourth-order valence-corrected chi connectivity index (χ4v) is 2.58. The Hall–Kier alpha value is -3.02. The number of amides is 3. The molecule has 0 aliphatic carbocycles. The number of aryl methyl sites for hydroxylation is 2. The molecule has 0 spiro atoms. The third kappa shape index (κ3) is 2.78. The Kier molecular flexibility index (Phi) is 4.12. The molecule has 3 rings (SSSR count). The lowest BCUT2D eigenvalue weighted by Crippen LogP contribution is -2.38. The largest absolute Gasteiger partial charge is 0.350 e.